The fourth-order valence-corrected chi connectivity index (χ4v) is 2.72. The normalized spacial score (nSPS) is 17.0. The van der Waals surface area contributed by atoms with E-state index in [9.17, 15) is 14.4 Å². The quantitative estimate of drug-likeness (QED) is 0.635. The summed E-state index contributed by atoms with van der Waals surface area (Å²) in [6, 6.07) is -0.929. The molecular weight excluding hydrogens is 256 g/mol. The van der Waals surface area contributed by atoms with Crippen molar-refractivity contribution in [3.05, 3.63) is 0 Å². The highest BCUT2D eigenvalue weighted by Gasteiger charge is 2.19. The average molecular weight is 274 g/mol. The first-order valence-corrected chi connectivity index (χ1v) is 7.08. The Bertz CT molecular complexity index is 305. The lowest BCUT2D eigenvalue weighted by Gasteiger charge is -2.26. The molecule has 0 aromatic heterocycles. The molecule has 0 spiro atoms. The van der Waals surface area contributed by atoms with Gasteiger partial charge in [-0.05, 0) is 19.3 Å². The van der Waals surface area contributed by atoms with E-state index in [-0.39, 0.29) is 17.4 Å². The van der Waals surface area contributed by atoms with Crippen molar-refractivity contribution >= 4 is 30.0 Å². The van der Waals surface area contributed by atoms with Crippen molar-refractivity contribution in [1.29, 1.82) is 0 Å². The number of thioether (sulfide) groups is 1. The standard InChI is InChI=1S/C11H18N2O4S/c14-8-12-9(11(16)17)6-18-7-10(15)13-4-2-1-3-5-13/h8-9H,1-7H2,(H,12,14)(H,16,17). The Morgan fingerprint density at radius 3 is 2.56 bits per heavy atom. The number of aliphatic carboxylic acids is 1. The minimum absolute atomic E-state index is 0.0509. The molecule has 2 amide bonds. The lowest BCUT2D eigenvalue weighted by molar-refractivity contribution is -0.139. The molecule has 0 aliphatic carbocycles. The lowest BCUT2D eigenvalue weighted by Crippen LogP contribution is -2.39. The second kappa shape index (κ2) is 7.97. The summed E-state index contributed by atoms with van der Waals surface area (Å²) in [5, 5.41) is 11.0. The van der Waals surface area contributed by atoms with E-state index >= 15 is 0 Å². The van der Waals surface area contributed by atoms with Crippen LogP contribution in [-0.4, -0.2) is 58.9 Å². The summed E-state index contributed by atoms with van der Waals surface area (Å²) >= 11 is 1.24. The zero-order valence-electron chi connectivity index (χ0n) is 10.1. The van der Waals surface area contributed by atoms with Gasteiger partial charge >= 0.3 is 5.97 Å². The first-order valence-electron chi connectivity index (χ1n) is 5.93. The summed E-state index contributed by atoms with van der Waals surface area (Å²) in [4.78, 5) is 34.5. The zero-order valence-corrected chi connectivity index (χ0v) is 10.9. The molecule has 0 aromatic rings. The number of nitrogens with zero attached hydrogens (tertiary/aromatic N) is 1. The number of carbonyl (C=O) groups excluding carboxylic acids is 2. The molecule has 1 heterocycles. The van der Waals surface area contributed by atoms with Crippen LogP contribution in [0.3, 0.4) is 0 Å². The third kappa shape index (κ3) is 4.95. The topological polar surface area (TPSA) is 86.7 Å². The molecule has 102 valence electrons. The maximum absolute atomic E-state index is 11.8. The number of nitrogens with one attached hydrogen (secondary N) is 1. The maximum atomic E-state index is 11.8. The van der Waals surface area contributed by atoms with Crippen molar-refractivity contribution in [2.75, 3.05) is 24.6 Å². The molecule has 1 atom stereocenters. The SMILES string of the molecule is O=CNC(CSCC(=O)N1CCCCC1)C(=O)O. The number of rotatable bonds is 7. The van der Waals surface area contributed by atoms with Gasteiger partial charge in [0.15, 0.2) is 0 Å². The molecule has 6 nitrogen and oxygen atoms in total. The third-order valence-electron chi connectivity index (χ3n) is 2.79. The van der Waals surface area contributed by atoms with Gasteiger partial charge in [0.05, 0.1) is 5.75 Å². The number of amides is 2. The molecule has 1 unspecified atom stereocenters. The number of hydrogen-bond donors (Lipinski definition) is 2. The molecule has 0 saturated carbocycles. The highest BCUT2D eigenvalue weighted by atomic mass is 32.2. The van der Waals surface area contributed by atoms with Crippen LogP contribution >= 0.6 is 11.8 Å². The summed E-state index contributed by atoms with van der Waals surface area (Å²) in [7, 11) is 0. The number of likely N-dealkylation sites (tertiary alicyclic amines) is 1. The minimum atomic E-state index is -1.08. The monoisotopic (exact) mass is 274 g/mol. The van der Waals surface area contributed by atoms with Crippen LogP contribution in [0.15, 0.2) is 0 Å². The molecule has 1 aliphatic heterocycles. The Morgan fingerprint density at radius 2 is 2.00 bits per heavy atom. The Morgan fingerprint density at radius 1 is 1.33 bits per heavy atom. The molecule has 1 rings (SSSR count). The summed E-state index contributed by atoms with van der Waals surface area (Å²) in [6.45, 7) is 1.60. The molecular formula is C11H18N2O4S. The summed E-state index contributed by atoms with van der Waals surface area (Å²) in [6.07, 6.45) is 3.62. The molecule has 7 heteroatoms. The van der Waals surface area contributed by atoms with E-state index in [2.05, 4.69) is 5.32 Å². The Kier molecular flexibility index (Phi) is 6.56. The van der Waals surface area contributed by atoms with Crippen molar-refractivity contribution in [1.82, 2.24) is 10.2 Å². The molecule has 1 saturated heterocycles. The van der Waals surface area contributed by atoms with Crippen LogP contribution in [0, 0.1) is 0 Å². The highest BCUT2D eigenvalue weighted by molar-refractivity contribution is 8.00. The van der Waals surface area contributed by atoms with Crippen LogP contribution in [0.4, 0.5) is 0 Å². The van der Waals surface area contributed by atoms with Crippen LogP contribution < -0.4 is 5.32 Å². The summed E-state index contributed by atoms with van der Waals surface area (Å²) in [5.74, 6) is -0.562. The molecule has 1 aliphatic rings. The smallest absolute Gasteiger partial charge is 0.327 e. The Balaban J connectivity index is 2.24. The maximum Gasteiger partial charge on any atom is 0.327 e. The zero-order chi connectivity index (χ0) is 13.4. The van der Waals surface area contributed by atoms with Crippen LogP contribution in [0.2, 0.25) is 0 Å². The van der Waals surface area contributed by atoms with Gasteiger partial charge < -0.3 is 15.3 Å². The molecule has 0 bridgehead atoms. The van der Waals surface area contributed by atoms with E-state index in [0.717, 1.165) is 25.9 Å². The van der Waals surface area contributed by atoms with Crippen LogP contribution in [0.1, 0.15) is 19.3 Å². The van der Waals surface area contributed by atoms with E-state index in [4.69, 9.17) is 5.11 Å². The Labute approximate surface area is 110 Å². The van der Waals surface area contributed by atoms with Crippen LogP contribution in [-0.2, 0) is 14.4 Å². The van der Waals surface area contributed by atoms with E-state index in [1.54, 1.807) is 0 Å². The van der Waals surface area contributed by atoms with Gasteiger partial charge in [-0.1, -0.05) is 0 Å². The van der Waals surface area contributed by atoms with Crippen molar-refractivity contribution in [2.45, 2.75) is 25.3 Å². The first-order chi connectivity index (χ1) is 8.65. The summed E-state index contributed by atoms with van der Waals surface area (Å²) < 4.78 is 0. The van der Waals surface area contributed by atoms with Gasteiger partial charge in [0, 0.05) is 18.8 Å². The second-order valence-corrected chi connectivity index (χ2v) is 5.16. The van der Waals surface area contributed by atoms with Gasteiger partial charge in [-0.3, -0.25) is 9.59 Å². The van der Waals surface area contributed by atoms with Crippen molar-refractivity contribution in [2.24, 2.45) is 0 Å². The highest BCUT2D eigenvalue weighted by Crippen LogP contribution is 2.11. The van der Waals surface area contributed by atoms with Gasteiger partial charge in [-0.15, -0.1) is 11.8 Å². The average Bonchev–Trinajstić information content (AvgIpc) is 2.38. The molecule has 0 radical (unpaired) electrons. The minimum Gasteiger partial charge on any atom is -0.480 e. The first kappa shape index (κ1) is 14.8. The van der Waals surface area contributed by atoms with Crippen LogP contribution in [0.5, 0.6) is 0 Å². The number of carboxylic acids is 1. The van der Waals surface area contributed by atoms with E-state index < -0.39 is 12.0 Å². The number of carboxylic acid groups (broad SMARTS) is 1. The van der Waals surface area contributed by atoms with Gasteiger partial charge in [0.1, 0.15) is 6.04 Å². The lowest BCUT2D eigenvalue weighted by atomic mass is 10.1. The fraction of sp³-hybridized carbons (Fsp3) is 0.727. The number of carbonyl (C=O) groups is 3. The van der Waals surface area contributed by atoms with Gasteiger partial charge in [0.25, 0.3) is 0 Å². The summed E-state index contributed by atoms with van der Waals surface area (Å²) in [5.41, 5.74) is 0. The Hall–Kier alpha value is -1.24. The van der Waals surface area contributed by atoms with E-state index in [1.165, 1.54) is 18.2 Å². The molecule has 1 fully saturated rings. The molecule has 0 aromatic carbocycles. The van der Waals surface area contributed by atoms with Gasteiger partial charge in [-0.25, -0.2) is 4.79 Å². The number of piperidine rings is 1. The van der Waals surface area contributed by atoms with Crippen molar-refractivity contribution < 1.29 is 19.5 Å². The van der Waals surface area contributed by atoms with Crippen LogP contribution in [0.25, 0.3) is 0 Å². The largest absolute Gasteiger partial charge is 0.480 e. The van der Waals surface area contributed by atoms with E-state index in [1.807, 2.05) is 4.90 Å². The fourth-order valence-electron chi connectivity index (χ4n) is 1.77. The number of hydrogen-bond acceptors (Lipinski definition) is 4. The molecule has 2 N–H and O–H groups in total. The predicted octanol–water partition coefficient (Wildman–Crippen LogP) is -0.0687. The van der Waals surface area contributed by atoms with Gasteiger partial charge in [0.2, 0.25) is 12.3 Å². The third-order valence-corrected chi connectivity index (χ3v) is 3.81. The van der Waals surface area contributed by atoms with Crippen molar-refractivity contribution in [3.8, 4) is 0 Å². The predicted molar refractivity (Wildman–Crippen MR) is 68.4 cm³/mol. The second-order valence-electron chi connectivity index (χ2n) is 4.13. The van der Waals surface area contributed by atoms with E-state index in [0.29, 0.717) is 6.41 Å². The van der Waals surface area contributed by atoms with Crippen molar-refractivity contribution in [3.63, 3.8) is 0 Å². The van der Waals surface area contributed by atoms with Gasteiger partial charge in [-0.2, -0.15) is 0 Å². The molecule has 18 heavy (non-hydrogen) atoms.